The zero-order valence-electron chi connectivity index (χ0n) is 18.8. The molecule has 3 aromatic carbocycles. The standard InChI is InChI=1S/C26H24N4O3S/c1-3-33-23-14-9-18(15-24(23)32-2)16-27-30-25(31)20-12-10-19(11-13-20)22-17-34-26(29-22)28-21-7-5-4-6-8-21/h4-17H,3H2,1-2H3,(H,28,29)(H,30,31)/b27-16-. The number of carbonyl (C=O) groups excluding carboxylic acids is 1. The molecule has 1 heterocycles. The second kappa shape index (κ2) is 11.1. The highest BCUT2D eigenvalue weighted by Crippen LogP contribution is 2.28. The summed E-state index contributed by atoms with van der Waals surface area (Å²) in [4.78, 5) is 17.1. The predicted octanol–water partition coefficient (Wildman–Crippen LogP) is 5.72. The lowest BCUT2D eigenvalue weighted by Gasteiger charge is -2.09. The van der Waals surface area contributed by atoms with Crippen LogP contribution in [0, 0.1) is 0 Å². The van der Waals surface area contributed by atoms with Crippen LogP contribution >= 0.6 is 11.3 Å². The first-order valence-electron chi connectivity index (χ1n) is 10.7. The fourth-order valence-corrected chi connectivity index (χ4v) is 3.91. The Hall–Kier alpha value is -4.17. The van der Waals surface area contributed by atoms with E-state index in [4.69, 9.17) is 9.47 Å². The van der Waals surface area contributed by atoms with Crippen LogP contribution in [0.1, 0.15) is 22.8 Å². The number of thiazole rings is 1. The molecule has 2 N–H and O–H groups in total. The SMILES string of the molecule is CCOc1ccc(/C=N\NC(=O)c2ccc(-c3csc(Nc4ccccc4)n3)cc2)cc1OC. The molecule has 4 rings (SSSR count). The van der Waals surface area contributed by atoms with E-state index in [0.29, 0.717) is 23.7 Å². The molecule has 0 saturated heterocycles. The van der Waals surface area contributed by atoms with Gasteiger partial charge in [-0.15, -0.1) is 11.3 Å². The highest BCUT2D eigenvalue weighted by Gasteiger charge is 2.08. The van der Waals surface area contributed by atoms with E-state index in [0.717, 1.165) is 27.6 Å². The first-order chi connectivity index (χ1) is 16.7. The van der Waals surface area contributed by atoms with Gasteiger partial charge in [0.1, 0.15) is 0 Å². The lowest BCUT2D eigenvalue weighted by molar-refractivity contribution is 0.0955. The zero-order chi connectivity index (χ0) is 23.8. The average molecular weight is 473 g/mol. The molecular weight excluding hydrogens is 448 g/mol. The molecule has 0 aliphatic carbocycles. The smallest absolute Gasteiger partial charge is 0.271 e. The Morgan fingerprint density at radius 3 is 2.59 bits per heavy atom. The van der Waals surface area contributed by atoms with Gasteiger partial charge < -0.3 is 14.8 Å². The van der Waals surface area contributed by atoms with Gasteiger partial charge in [-0.05, 0) is 55.0 Å². The summed E-state index contributed by atoms with van der Waals surface area (Å²) in [6.07, 6.45) is 1.56. The summed E-state index contributed by atoms with van der Waals surface area (Å²) in [5.74, 6) is 0.969. The number of nitrogens with zero attached hydrogens (tertiary/aromatic N) is 2. The van der Waals surface area contributed by atoms with Gasteiger partial charge >= 0.3 is 0 Å². The monoisotopic (exact) mass is 472 g/mol. The summed E-state index contributed by atoms with van der Waals surface area (Å²) in [6, 6.07) is 22.6. The van der Waals surface area contributed by atoms with Gasteiger partial charge in [-0.3, -0.25) is 4.79 Å². The second-order valence-electron chi connectivity index (χ2n) is 7.15. The summed E-state index contributed by atoms with van der Waals surface area (Å²) < 4.78 is 10.8. The van der Waals surface area contributed by atoms with E-state index in [2.05, 4.69) is 20.8 Å². The number of hydrogen-bond acceptors (Lipinski definition) is 7. The average Bonchev–Trinajstić information content (AvgIpc) is 3.34. The van der Waals surface area contributed by atoms with Crippen LogP contribution in [0.15, 0.2) is 83.3 Å². The van der Waals surface area contributed by atoms with Crippen molar-refractivity contribution in [2.45, 2.75) is 6.92 Å². The van der Waals surface area contributed by atoms with Crippen molar-refractivity contribution in [3.05, 3.63) is 89.3 Å². The largest absolute Gasteiger partial charge is 0.493 e. The molecule has 0 spiro atoms. The number of rotatable bonds is 9. The number of nitrogens with one attached hydrogen (secondary N) is 2. The first-order valence-corrected chi connectivity index (χ1v) is 11.6. The lowest BCUT2D eigenvalue weighted by Crippen LogP contribution is -2.17. The summed E-state index contributed by atoms with van der Waals surface area (Å²) >= 11 is 1.53. The maximum Gasteiger partial charge on any atom is 0.271 e. The van der Waals surface area contributed by atoms with Crippen molar-refractivity contribution in [3.8, 4) is 22.8 Å². The third kappa shape index (κ3) is 5.79. The molecule has 34 heavy (non-hydrogen) atoms. The van der Waals surface area contributed by atoms with E-state index in [9.17, 15) is 4.79 Å². The Kier molecular flexibility index (Phi) is 7.52. The van der Waals surface area contributed by atoms with Crippen molar-refractivity contribution in [1.82, 2.24) is 10.4 Å². The molecule has 0 aliphatic rings. The molecule has 0 radical (unpaired) electrons. The Morgan fingerprint density at radius 1 is 1.06 bits per heavy atom. The maximum atomic E-state index is 12.5. The molecule has 4 aromatic rings. The summed E-state index contributed by atoms with van der Waals surface area (Å²) in [5.41, 5.74) is 6.59. The van der Waals surface area contributed by atoms with Crippen LogP contribution < -0.4 is 20.2 Å². The van der Waals surface area contributed by atoms with Gasteiger partial charge in [0, 0.05) is 22.2 Å². The van der Waals surface area contributed by atoms with E-state index in [1.54, 1.807) is 31.5 Å². The molecule has 0 saturated carbocycles. The minimum atomic E-state index is -0.301. The number of ether oxygens (including phenoxy) is 2. The van der Waals surface area contributed by atoms with Crippen molar-refractivity contribution >= 4 is 34.3 Å². The van der Waals surface area contributed by atoms with Gasteiger partial charge in [0.2, 0.25) is 0 Å². The molecule has 0 unspecified atom stereocenters. The van der Waals surface area contributed by atoms with Crippen LogP contribution in [0.25, 0.3) is 11.3 Å². The molecular formula is C26H24N4O3S. The molecule has 0 bridgehead atoms. The van der Waals surface area contributed by atoms with Crippen LogP contribution in [0.2, 0.25) is 0 Å². The van der Waals surface area contributed by atoms with Gasteiger partial charge in [0.25, 0.3) is 5.91 Å². The quantitative estimate of drug-likeness (QED) is 0.240. The van der Waals surface area contributed by atoms with E-state index in [1.165, 1.54) is 11.3 Å². The number of aromatic nitrogens is 1. The van der Waals surface area contributed by atoms with Crippen LogP contribution in [0.4, 0.5) is 10.8 Å². The fraction of sp³-hybridized carbons (Fsp3) is 0.115. The Labute approximate surface area is 202 Å². The minimum absolute atomic E-state index is 0.301. The fourth-order valence-electron chi connectivity index (χ4n) is 3.17. The van der Waals surface area contributed by atoms with Gasteiger partial charge in [-0.2, -0.15) is 5.10 Å². The normalized spacial score (nSPS) is 10.8. The zero-order valence-corrected chi connectivity index (χ0v) is 19.6. The molecule has 0 aliphatic heterocycles. The molecule has 0 atom stereocenters. The van der Waals surface area contributed by atoms with Crippen molar-refractivity contribution in [2.75, 3.05) is 19.0 Å². The Morgan fingerprint density at radius 2 is 1.85 bits per heavy atom. The Balaban J connectivity index is 1.36. The number of amides is 1. The lowest BCUT2D eigenvalue weighted by atomic mass is 10.1. The van der Waals surface area contributed by atoms with Crippen LogP contribution in [-0.2, 0) is 0 Å². The summed E-state index contributed by atoms with van der Waals surface area (Å²) in [6.45, 7) is 2.46. The molecule has 1 amide bonds. The van der Waals surface area contributed by atoms with E-state index >= 15 is 0 Å². The van der Waals surface area contributed by atoms with Crippen molar-refractivity contribution in [1.29, 1.82) is 0 Å². The number of anilines is 2. The second-order valence-corrected chi connectivity index (χ2v) is 8.01. The molecule has 7 nitrogen and oxygen atoms in total. The topological polar surface area (TPSA) is 84.8 Å². The number of hydrogen-bond donors (Lipinski definition) is 2. The minimum Gasteiger partial charge on any atom is -0.493 e. The maximum absolute atomic E-state index is 12.5. The van der Waals surface area contributed by atoms with Gasteiger partial charge in [0.05, 0.1) is 25.6 Å². The predicted molar refractivity (Wildman–Crippen MR) is 136 cm³/mol. The number of hydrazone groups is 1. The number of carbonyl (C=O) groups is 1. The number of methoxy groups -OCH3 is 1. The molecule has 1 aromatic heterocycles. The van der Waals surface area contributed by atoms with Gasteiger partial charge in [-0.1, -0.05) is 30.3 Å². The summed E-state index contributed by atoms with van der Waals surface area (Å²) in [5, 5.41) is 10.1. The van der Waals surface area contributed by atoms with Crippen molar-refractivity contribution < 1.29 is 14.3 Å². The van der Waals surface area contributed by atoms with Gasteiger partial charge in [0.15, 0.2) is 16.6 Å². The van der Waals surface area contributed by atoms with E-state index in [1.807, 2.05) is 66.9 Å². The van der Waals surface area contributed by atoms with E-state index in [-0.39, 0.29) is 5.91 Å². The first kappa shape index (κ1) is 23.0. The highest BCUT2D eigenvalue weighted by molar-refractivity contribution is 7.14. The third-order valence-corrected chi connectivity index (χ3v) is 5.60. The van der Waals surface area contributed by atoms with Crippen LogP contribution in [-0.4, -0.2) is 30.8 Å². The molecule has 8 heteroatoms. The number of para-hydroxylation sites is 1. The van der Waals surface area contributed by atoms with Gasteiger partial charge in [-0.25, -0.2) is 10.4 Å². The van der Waals surface area contributed by atoms with Crippen LogP contribution in [0.3, 0.4) is 0 Å². The van der Waals surface area contributed by atoms with Crippen molar-refractivity contribution in [2.24, 2.45) is 5.10 Å². The third-order valence-electron chi connectivity index (χ3n) is 4.84. The van der Waals surface area contributed by atoms with Crippen molar-refractivity contribution in [3.63, 3.8) is 0 Å². The summed E-state index contributed by atoms with van der Waals surface area (Å²) in [7, 11) is 1.58. The highest BCUT2D eigenvalue weighted by atomic mass is 32.1. The molecule has 172 valence electrons. The van der Waals surface area contributed by atoms with Crippen LogP contribution in [0.5, 0.6) is 11.5 Å². The molecule has 0 fully saturated rings. The number of benzene rings is 3. The Bertz CT molecular complexity index is 1270. The van der Waals surface area contributed by atoms with E-state index < -0.39 is 0 Å².